The molecule has 2 rings (SSSR count). The average molecular weight is 285 g/mol. The first kappa shape index (κ1) is 14.7. The van der Waals surface area contributed by atoms with Crippen LogP contribution in [0.5, 0.6) is 0 Å². The van der Waals surface area contributed by atoms with Gasteiger partial charge in [0.05, 0.1) is 18.9 Å². The van der Waals surface area contributed by atoms with Gasteiger partial charge in [0, 0.05) is 38.7 Å². The molecular weight excluding hydrogens is 262 g/mol. The zero-order valence-corrected chi connectivity index (χ0v) is 12.5. The van der Waals surface area contributed by atoms with Gasteiger partial charge < -0.3 is 20.1 Å². The lowest BCUT2D eigenvalue weighted by Gasteiger charge is -2.32. The van der Waals surface area contributed by atoms with Crippen LogP contribution >= 0.6 is 11.3 Å². The average Bonchev–Trinajstić information content (AvgIpc) is 2.83. The Balaban J connectivity index is 2.07. The van der Waals surface area contributed by atoms with Gasteiger partial charge in [-0.3, -0.25) is 0 Å². The smallest absolute Gasteiger partial charge is 0.185 e. The molecule has 0 spiro atoms. The number of hydrogen-bond donors (Lipinski definition) is 1. The Kier molecular flexibility index (Phi) is 5.57. The summed E-state index contributed by atoms with van der Waals surface area (Å²) in [5.41, 5.74) is 6.76. The first-order chi connectivity index (χ1) is 9.28. The normalized spacial score (nSPS) is 19.9. The lowest BCUT2D eigenvalue weighted by molar-refractivity contribution is 0.143. The third-order valence-electron chi connectivity index (χ3n) is 3.43. The van der Waals surface area contributed by atoms with Crippen LogP contribution in [0.15, 0.2) is 0 Å². The number of nitrogens with two attached hydrogens (primary N) is 1. The van der Waals surface area contributed by atoms with Crippen LogP contribution in [0.3, 0.4) is 0 Å². The Morgan fingerprint density at radius 2 is 2.26 bits per heavy atom. The summed E-state index contributed by atoms with van der Waals surface area (Å²) in [5, 5.41) is 1.08. The molecule has 19 heavy (non-hydrogen) atoms. The van der Waals surface area contributed by atoms with E-state index in [0.717, 1.165) is 35.4 Å². The van der Waals surface area contributed by atoms with Gasteiger partial charge >= 0.3 is 0 Å². The maximum atomic E-state index is 5.78. The van der Waals surface area contributed by atoms with Gasteiger partial charge in [0.25, 0.3) is 0 Å². The van der Waals surface area contributed by atoms with Crippen molar-refractivity contribution < 1.29 is 9.47 Å². The number of ether oxygens (including phenoxy) is 2. The third kappa shape index (κ3) is 3.66. The van der Waals surface area contributed by atoms with Crippen molar-refractivity contribution in [1.29, 1.82) is 0 Å². The van der Waals surface area contributed by atoms with Crippen LogP contribution in [0.2, 0.25) is 0 Å². The molecule has 5 nitrogen and oxygen atoms in total. The third-order valence-corrected chi connectivity index (χ3v) is 4.61. The summed E-state index contributed by atoms with van der Waals surface area (Å²) >= 11 is 1.70. The lowest BCUT2D eigenvalue weighted by atomic mass is 9.99. The van der Waals surface area contributed by atoms with Crippen LogP contribution < -0.4 is 10.6 Å². The molecule has 0 aliphatic carbocycles. The molecule has 0 radical (unpaired) electrons. The number of methoxy groups -OCH3 is 2. The minimum absolute atomic E-state index is 0.533. The second kappa shape index (κ2) is 7.19. The number of hydrogen-bond acceptors (Lipinski definition) is 6. The molecule has 0 bridgehead atoms. The van der Waals surface area contributed by atoms with E-state index in [0.29, 0.717) is 19.1 Å². The van der Waals surface area contributed by atoms with Gasteiger partial charge in [0.15, 0.2) is 5.13 Å². The summed E-state index contributed by atoms with van der Waals surface area (Å²) < 4.78 is 10.5. The zero-order valence-electron chi connectivity index (χ0n) is 11.7. The van der Waals surface area contributed by atoms with Crippen molar-refractivity contribution in [3.8, 4) is 0 Å². The zero-order chi connectivity index (χ0) is 13.7. The number of aromatic nitrogens is 1. The molecule has 2 heterocycles. The molecule has 0 amide bonds. The first-order valence-corrected chi connectivity index (χ1v) is 7.51. The van der Waals surface area contributed by atoms with E-state index in [-0.39, 0.29) is 0 Å². The van der Waals surface area contributed by atoms with Crippen LogP contribution in [0.4, 0.5) is 5.13 Å². The van der Waals surface area contributed by atoms with Gasteiger partial charge in [-0.25, -0.2) is 4.98 Å². The van der Waals surface area contributed by atoms with Crippen molar-refractivity contribution in [3.05, 3.63) is 10.6 Å². The Morgan fingerprint density at radius 3 is 2.95 bits per heavy atom. The van der Waals surface area contributed by atoms with Crippen LogP contribution in [-0.4, -0.2) is 38.9 Å². The monoisotopic (exact) mass is 285 g/mol. The van der Waals surface area contributed by atoms with Gasteiger partial charge in [-0.15, -0.1) is 11.3 Å². The second-order valence-electron chi connectivity index (χ2n) is 4.91. The lowest BCUT2D eigenvalue weighted by Crippen LogP contribution is -2.37. The number of piperidine rings is 1. The van der Waals surface area contributed by atoms with E-state index in [9.17, 15) is 0 Å². The molecule has 108 valence electrons. The van der Waals surface area contributed by atoms with Crippen molar-refractivity contribution in [1.82, 2.24) is 4.98 Å². The number of rotatable bonds is 6. The quantitative estimate of drug-likeness (QED) is 0.860. The van der Waals surface area contributed by atoms with Gasteiger partial charge in [0.1, 0.15) is 0 Å². The molecule has 1 aromatic rings. The van der Waals surface area contributed by atoms with Crippen molar-refractivity contribution in [2.75, 3.05) is 38.8 Å². The Morgan fingerprint density at radius 1 is 1.42 bits per heavy atom. The van der Waals surface area contributed by atoms with E-state index in [2.05, 4.69) is 9.88 Å². The van der Waals surface area contributed by atoms with Crippen molar-refractivity contribution in [2.24, 2.45) is 11.7 Å². The van der Waals surface area contributed by atoms with Gasteiger partial charge in [0.2, 0.25) is 0 Å². The van der Waals surface area contributed by atoms with Crippen LogP contribution in [0.1, 0.15) is 23.4 Å². The number of nitrogens with zero attached hydrogens (tertiary/aromatic N) is 2. The highest BCUT2D eigenvalue weighted by molar-refractivity contribution is 7.15. The van der Waals surface area contributed by atoms with Crippen LogP contribution in [0.25, 0.3) is 0 Å². The molecule has 2 N–H and O–H groups in total. The molecule has 1 aromatic heterocycles. The summed E-state index contributed by atoms with van der Waals surface area (Å²) in [6.07, 6.45) is 2.44. The van der Waals surface area contributed by atoms with Crippen molar-refractivity contribution in [3.63, 3.8) is 0 Å². The first-order valence-electron chi connectivity index (χ1n) is 6.70. The fraction of sp³-hybridized carbons (Fsp3) is 0.769. The SMILES string of the molecule is COCc1nc(N2CCCC(COC)C2)sc1CN. The van der Waals surface area contributed by atoms with Gasteiger partial charge in [-0.2, -0.15) is 0 Å². The predicted molar refractivity (Wildman–Crippen MR) is 77.5 cm³/mol. The van der Waals surface area contributed by atoms with Crippen molar-refractivity contribution >= 4 is 16.5 Å². The molecule has 1 unspecified atom stereocenters. The minimum atomic E-state index is 0.533. The molecule has 1 aliphatic heterocycles. The van der Waals surface area contributed by atoms with E-state index in [4.69, 9.17) is 15.2 Å². The molecule has 1 atom stereocenters. The Labute approximate surface area is 118 Å². The Bertz CT molecular complexity index is 395. The van der Waals surface area contributed by atoms with E-state index in [1.165, 1.54) is 12.8 Å². The van der Waals surface area contributed by atoms with E-state index in [1.807, 2.05) is 0 Å². The highest BCUT2D eigenvalue weighted by Crippen LogP contribution is 2.30. The molecule has 0 saturated carbocycles. The predicted octanol–water partition coefficient (Wildman–Crippen LogP) is 1.61. The standard InChI is InChI=1S/C13H23N3O2S/c1-17-8-10-4-3-5-16(7-10)13-15-11(9-18-2)12(6-14)19-13/h10H,3-9,14H2,1-2H3. The largest absolute Gasteiger partial charge is 0.384 e. The summed E-state index contributed by atoms with van der Waals surface area (Å²) in [6.45, 7) is 4.00. The minimum Gasteiger partial charge on any atom is -0.384 e. The fourth-order valence-electron chi connectivity index (χ4n) is 2.52. The summed E-state index contributed by atoms with van der Waals surface area (Å²) in [4.78, 5) is 8.18. The fourth-order valence-corrected chi connectivity index (χ4v) is 3.50. The molecule has 1 aliphatic rings. The number of anilines is 1. The summed E-state index contributed by atoms with van der Waals surface area (Å²) in [6, 6.07) is 0. The molecule has 6 heteroatoms. The summed E-state index contributed by atoms with van der Waals surface area (Å²) in [7, 11) is 3.46. The summed E-state index contributed by atoms with van der Waals surface area (Å²) in [5.74, 6) is 0.606. The maximum Gasteiger partial charge on any atom is 0.185 e. The Hall–Kier alpha value is -0.690. The van der Waals surface area contributed by atoms with Crippen LogP contribution in [-0.2, 0) is 22.6 Å². The molecule has 1 fully saturated rings. The van der Waals surface area contributed by atoms with E-state index < -0.39 is 0 Å². The van der Waals surface area contributed by atoms with Crippen molar-refractivity contribution in [2.45, 2.75) is 26.0 Å². The number of thiazole rings is 1. The van der Waals surface area contributed by atoms with Gasteiger partial charge in [-0.1, -0.05) is 0 Å². The molecular formula is C13H23N3O2S. The molecule has 0 aromatic carbocycles. The second-order valence-corrected chi connectivity index (χ2v) is 5.98. The highest BCUT2D eigenvalue weighted by atomic mass is 32.1. The molecule has 1 saturated heterocycles. The highest BCUT2D eigenvalue weighted by Gasteiger charge is 2.23. The van der Waals surface area contributed by atoms with E-state index in [1.54, 1.807) is 25.6 Å². The topological polar surface area (TPSA) is 60.6 Å². The van der Waals surface area contributed by atoms with Crippen LogP contribution in [0, 0.1) is 5.92 Å². The van der Waals surface area contributed by atoms with Gasteiger partial charge in [-0.05, 0) is 18.8 Å². The van der Waals surface area contributed by atoms with E-state index >= 15 is 0 Å². The maximum absolute atomic E-state index is 5.78.